The van der Waals surface area contributed by atoms with Gasteiger partial charge in [-0.15, -0.1) is 0 Å². The summed E-state index contributed by atoms with van der Waals surface area (Å²) in [6.45, 7) is 9.40. The van der Waals surface area contributed by atoms with E-state index in [0.717, 1.165) is 31.7 Å². The summed E-state index contributed by atoms with van der Waals surface area (Å²) in [6, 6.07) is 5.03. The summed E-state index contributed by atoms with van der Waals surface area (Å²) in [7, 11) is 1.66. The Hall–Kier alpha value is -1.17. The van der Waals surface area contributed by atoms with Gasteiger partial charge in [-0.25, -0.2) is 4.39 Å². The Morgan fingerprint density at radius 1 is 1.19 bits per heavy atom. The molecule has 0 atom stereocenters. The summed E-state index contributed by atoms with van der Waals surface area (Å²) >= 11 is 0. The third kappa shape index (κ3) is 6.42. The molecule has 5 heteroatoms. The zero-order valence-corrected chi connectivity index (χ0v) is 13.3. The third-order valence-corrected chi connectivity index (χ3v) is 3.40. The van der Waals surface area contributed by atoms with Gasteiger partial charge in [-0.3, -0.25) is 0 Å². The van der Waals surface area contributed by atoms with Gasteiger partial charge >= 0.3 is 0 Å². The van der Waals surface area contributed by atoms with Crippen molar-refractivity contribution in [1.82, 2.24) is 10.2 Å². The fourth-order valence-corrected chi connectivity index (χ4v) is 2.07. The molecule has 0 aliphatic rings. The summed E-state index contributed by atoms with van der Waals surface area (Å²) in [4.78, 5) is 2.25. The van der Waals surface area contributed by atoms with Crippen molar-refractivity contribution in [3.63, 3.8) is 0 Å². The lowest BCUT2D eigenvalue weighted by molar-refractivity contribution is 0.198. The van der Waals surface area contributed by atoms with E-state index in [9.17, 15) is 4.39 Å². The number of nitrogens with one attached hydrogen (secondary N) is 1. The first-order valence-electron chi connectivity index (χ1n) is 7.55. The van der Waals surface area contributed by atoms with E-state index >= 15 is 0 Å². The van der Waals surface area contributed by atoms with Gasteiger partial charge in [0.05, 0.1) is 6.61 Å². The van der Waals surface area contributed by atoms with Crippen LogP contribution in [0.4, 0.5) is 4.39 Å². The molecule has 1 rings (SSSR count). The average Bonchev–Trinajstić information content (AvgIpc) is 2.50. The van der Waals surface area contributed by atoms with Crippen LogP contribution in [0, 0.1) is 5.82 Å². The van der Waals surface area contributed by atoms with Gasteiger partial charge in [-0.2, -0.15) is 0 Å². The predicted octanol–water partition coefficient (Wildman–Crippen LogP) is 2.28. The summed E-state index contributed by atoms with van der Waals surface area (Å²) < 4.78 is 24.6. The van der Waals surface area contributed by atoms with Crippen LogP contribution in [0.2, 0.25) is 0 Å². The number of nitrogens with zero attached hydrogens (tertiary/aromatic N) is 1. The monoisotopic (exact) mass is 298 g/mol. The summed E-state index contributed by atoms with van der Waals surface area (Å²) in [5.41, 5.74) is 0.839. The molecule has 0 spiro atoms. The fraction of sp³-hybridized carbons (Fsp3) is 0.625. The molecule has 1 N–H and O–H groups in total. The third-order valence-electron chi connectivity index (χ3n) is 3.40. The second kappa shape index (κ2) is 10.5. The number of para-hydroxylation sites is 1. The van der Waals surface area contributed by atoms with Gasteiger partial charge in [0.25, 0.3) is 0 Å². The van der Waals surface area contributed by atoms with Crippen molar-refractivity contribution < 1.29 is 13.9 Å². The minimum Gasteiger partial charge on any atom is -0.489 e. The van der Waals surface area contributed by atoms with Crippen molar-refractivity contribution in [2.24, 2.45) is 0 Å². The van der Waals surface area contributed by atoms with Crippen molar-refractivity contribution in [2.45, 2.75) is 20.4 Å². The molecular formula is C16H27FN2O2. The highest BCUT2D eigenvalue weighted by molar-refractivity contribution is 5.34. The number of benzene rings is 1. The SMILES string of the molecule is CCN(CC)CCOc1c(F)cccc1CNCCOC. The molecule has 0 aliphatic carbocycles. The van der Waals surface area contributed by atoms with E-state index in [0.29, 0.717) is 25.5 Å². The number of methoxy groups -OCH3 is 1. The molecule has 4 nitrogen and oxygen atoms in total. The van der Waals surface area contributed by atoms with E-state index < -0.39 is 0 Å². The Morgan fingerprint density at radius 2 is 1.95 bits per heavy atom. The molecule has 0 bridgehead atoms. The normalized spacial score (nSPS) is 11.1. The lowest BCUT2D eigenvalue weighted by atomic mass is 10.2. The molecule has 120 valence electrons. The second-order valence-corrected chi connectivity index (χ2v) is 4.77. The number of halogens is 1. The minimum atomic E-state index is -0.305. The molecule has 0 heterocycles. The lowest BCUT2D eigenvalue weighted by Gasteiger charge is -2.19. The molecule has 0 aromatic heterocycles. The van der Waals surface area contributed by atoms with Gasteiger partial charge in [0, 0.05) is 32.3 Å². The predicted molar refractivity (Wildman–Crippen MR) is 83.3 cm³/mol. The Morgan fingerprint density at radius 3 is 2.62 bits per heavy atom. The Labute approximate surface area is 127 Å². The van der Waals surface area contributed by atoms with Gasteiger partial charge in [0.1, 0.15) is 6.61 Å². The summed E-state index contributed by atoms with van der Waals surface area (Å²) in [5.74, 6) is 0.0511. The average molecular weight is 298 g/mol. The van der Waals surface area contributed by atoms with E-state index in [-0.39, 0.29) is 5.82 Å². The molecule has 1 aromatic rings. The second-order valence-electron chi connectivity index (χ2n) is 4.77. The number of hydrogen-bond acceptors (Lipinski definition) is 4. The van der Waals surface area contributed by atoms with E-state index in [1.54, 1.807) is 13.2 Å². The quantitative estimate of drug-likeness (QED) is 0.636. The summed E-state index contributed by atoms with van der Waals surface area (Å²) in [6.07, 6.45) is 0. The molecule has 0 amide bonds. The van der Waals surface area contributed by atoms with Crippen LogP contribution < -0.4 is 10.1 Å². The Kier molecular flexibility index (Phi) is 8.98. The van der Waals surface area contributed by atoms with Crippen LogP contribution in [0.1, 0.15) is 19.4 Å². The van der Waals surface area contributed by atoms with E-state index in [4.69, 9.17) is 9.47 Å². The van der Waals surface area contributed by atoms with Crippen molar-refractivity contribution >= 4 is 0 Å². The highest BCUT2D eigenvalue weighted by atomic mass is 19.1. The number of hydrogen-bond donors (Lipinski definition) is 1. The number of likely N-dealkylation sites (N-methyl/N-ethyl adjacent to an activating group) is 1. The first kappa shape index (κ1) is 17.9. The zero-order chi connectivity index (χ0) is 15.5. The Balaban J connectivity index is 2.54. The molecule has 0 fully saturated rings. The van der Waals surface area contributed by atoms with Crippen molar-refractivity contribution in [2.75, 3.05) is 46.5 Å². The van der Waals surface area contributed by atoms with Crippen LogP contribution in [0.3, 0.4) is 0 Å². The van der Waals surface area contributed by atoms with Gasteiger partial charge < -0.3 is 19.7 Å². The molecule has 21 heavy (non-hydrogen) atoms. The first-order valence-corrected chi connectivity index (χ1v) is 7.55. The highest BCUT2D eigenvalue weighted by Crippen LogP contribution is 2.22. The fourth-order valence-electron chi connectivity index (χ4n) is 2.07. The van der Waals surface area contributed by atoms with Gasteiger partial charge in [-0.05, 0) is 19.2 Å². The van der Waals surface area contributed by atoms with Gasteiger partial charge in [0.2, 0.25) is 0 Å². The van der Waals surface area contributed by atoms with Crippen molar-refractivity contribution in [3.05, 3.63) is 29.6 Å². The largest absolute Gasteiger partial charge is 0.489 e. The maximum atomic E-state index is 13.9. The molecule has 0 radical (unpaired) electrons. The Bertz CT molecular complexity index is 398. The summed E-state index contributed by atoms with van der Waals surface area (Å²) in [5, 5.41) is 3.21. The first-order chi connectivity index (χ1) is 10.2. The molecule has 0 saturated carbocycles. The smallest absolute Gasteiger partial charge is 0.165 e. The van der Waals surface area contributed by atoms with Crippen LogP contribution in [0.15, 0.2) is 18.2 Å². The maximum absolute atomic E-state index is 13.9. The van der Waals surface area contributed by atoms with Crippen LogP contribution in [0.25, 0.3) is 0 Å². The van der Waals surface area contributed by atoms with Crippen LogP contribution in [0.5, 0.6) is 5.75 Å². The number of rotatable bonds is 11. The molecule has 0 saturated heterocycles. The van der Waals surface area contributed by atoms with E-state index in [2.05, 4.69) is 24.1 Å². The zero-order valence-electron chi connectivity index (χ0n) is 13.3. The minimum absolute atomic E-state index is 0.305. The number of ether oxygens (including phenoxy) is 2. The standard InChI is InChI=1S/C16H27FN2O2/c1-4-19(5-2)10-12-21-16-14(7-6-8-15(16)17)13-18-9-11-20-3/h6-8,18H,4-5,9-13H2,1-3H3. The van der Waals surface area contributed by atoms with Crippen LogP contribution in [-0.2, 0) is 11.3 Å². The van der Waals surface area contributed by atoms with Gasteiger partial charge in [0.15, 0.2) is 11.6 Å². The van der Waals surface area contributed by atoms with Crippen molar-refractivity contribution in [3.8, 4) is 5.75 Å². The van der Waals surface area contributed by atoms with E-state index in [1.165, 1.54) is 6.07 Å². The molecule has 1 aromatic carbocycles. The van der Waals surface area contributed by atoms with E-state index in [1.807, 2.05) is 6.07 Å². The molecule has 0 aliphatic heterocycles. The topological polar surface area (TPSA) is 33.7 Å². The highest BCUT2D eigenvalue weighted by Gasteiger charge is 2.10. The lowest BCUT2D eigenvalue weighted by Crippen LogP contribution is -2.28. The van der Waals surface area contributed by atoms with Crippen molar-refractivity contribution in [1.29, 1.82) is 0 Å². The molecular weight excluding hydrogens is 271 g/mol. The maximum Gasteiger partial charge on any atom is 0.165 e. The molecule has 0 unspecified atom stereocenters. The van der Waals surface area contributed by atoms with Crippen LogP contribution >= 0.6 is 0 Å². The van der Waals surface area contributed by atoms with Crippen LogP contribution in [-0.4, -0.2) is 51.4 Å². The van der Waals surface area contributed by atoms with Gasteiger partial charge in [-0.1, -0.05) is 26.0 Å².